The van der Waals surface area contributed by atoms with Crippen LogP contribution in [-0.4, -0.2) is 22.1 Å². The Morgan fingerprint density at radius 2 is 1.58 bits per heavy atom. The largest absolute Gasteiger partial charge is 0.478 e. The van der Waals surface area contributed by atoms with Crippen LogP contribution < -0.4 is 10.6 Å². The van der Waals surface area contributed by atoms with Gasteiger partial charge in [-0.3, -0.25) is 10.1 Å². The summed E-state index contributed by atoms with van der Waals surface area (Å²) < 4.78 is 0. The number of carboxylic acids is 1. The molecule has 136 valence electrons. The number of amides is 1. The second-order valence-corrected chi connectivity index (χ2v) is 7.03. The topological polar surface area (TPSA) is 78.4 Å². The maximum Gasteiger partial charge on any atom is 0.335 e. The van der Waals surface area contributed by atoms with Gasteiger partial charge in [0.1, 0.15) is 0 Å². The van der Waals surface area contributed by atoms with Crippen LogP contribution in [0.2, 0.25) is 10.0 Å². The molecule has 0 unspecified atom stereocenters. The SMILES string of the molecule is CC(C)c1ccc(C(=O)NC(=S)Nc2c(Cl)cc(C(=O)O)cc2Cl)cc1. The van der Waals surface area contributed by atoms with Gasteiger partial charge in [-0.15, -0.1) is 0 Å². The summed E-state index contributed by atoms with van der Waals surface area (Å²) >= 11 is 17.2. The Balaban J connectivity index is 2.09. The van der Waals surface area contributed by atoms with Crippen LogP contribution in [0.1, 0.15) is 46.0 Å². The molecule has 2 aromatic carbocycles. The van der Waals surface area contributed by atoms with Crippen molar-refractivity contribution >= 4 is 58.1 Å². The number of hydrogen-bond donors (Lipinski definition) is 3. The molecule has 5 nitrogen and oxygen atoms in total. The summed E-state index contributed by atoms with van der Waals surface area (Å²) in [6, 6.07) is 9.69. The number of anilines is 1. The van der Waals surface area contributed by atoms with E-state index in [4.69, 9.17) is 40.5 Å². The highest BCUT2D eigenvalue weighted by atomic mass is 35.5. The van der Waals surface area contributed by atoms with Crippen molar-refractivity contribution in [1.29, 1.82) is 0 Å². The van der Waals surface area contributed by atoms with E-state index >= 15 is 0 Å². The van der Waals surface area contributed by atoms with Crippen LogP contribution in [0.5, 0.6) is 0 Å². The third-order valence-electron chi connectivity index (χ3n) is 3.59. The lowest BCUT2D eigenvalue weighted by molar-refractivity contribution is 0.0696. The Bertz CT molecular complexity index is 844. The Hall–Kier alpha value is -2.15. The van der Waals surface area contributed by atoms with Crippen LogP contribution in [0.15, 0.2) is 36.4 Å². The number of thiocarbonyl (C=S) groups is 1. The normalized spacial score (nSPS) is 10.5. The van der Waals surface area contributed by atoms with E-state index in [2.05, 4.69) is 24.5 Å². The van der Waals surface area contributed by atoms with Gasteiger partial charge in [0.2, 0.25) is 0 Å². The molecule has 0 aromatic heterocycles. The second-order valence-electron chi connectivity index (χ2n) is 5.81. The van der Waals surface area contributed by atoms with Crippen molar-refractivity contribution in [2.24, 2.45) is 0 Å². The summed E-state index contributed by atoms with van der Waals surface area (Å²) in [5.74, 6) is -1.17. The molecule has 0 aliphatic carbocycles. The van der Waals surface area contributed by atoms with Crippen molar-refractivity contribution in [3.63, 3.8) is 0 Å². The van der Waals surface area contributed by atoms with Crippen molar-refractivity contribution in [2.75, 3.05) is 5.32 Å². The number of carbonyl (C=O) groups is 2. The lowest BCUT2D eigenvalue weighted by atomic mass is 10.0. The highest BCUT2D eigenvalue weighted by Crippen LogP contribution is 2.31. The third-order valence-corrected chi connectivity index (χ3v) is 4.39. The fraction of sp³-hybridized carbons (Fsp3) is 0.167. The van der Waals surface area contributed by atoms with Gasteiger partial charge in [-0.2, -0.15) is 0 Å². The van der Waals surface area contributed by atoms with E-state index in [-0.39, 0.29) is 32.3 Å². The number of carboxylic acid groups (broad SMARTS) is 1. The minimum atomic E-state index is -1.15. The summed E-state index contributed by atoms with van der Waals surface area (Å²) in [4.78, 5) is 23.2. The van der Waals surface area contributed by atoms with Crippen LogP contribution in [0, 0.1) is 0 Å². The maximum absolute atomic E-state index is 12.3. The molecule has 0 fully saturated rings. The third kappa shape index (κ3) is 4.94. The van der Waals surface area contributed by atoms with E-state index in [1.54, 1.807) is 12.1 Å². The summed E-state index contributed by atoms with van der Waals surface area (Å²) in [6.45, 7) is 4.13. The fourth-order valence-corrected chi connectivity index (χ4v) is 2.93. The van der Waals surface area contributed by atoms with Crippen LogP contribution in [0.25, 0.3) is 0 Å². The standard InChI is InChI=1S/C18H16Cl2N2O3S/c1-9(2)10-3-5-11(6-4-10)16(23)22-18(26)21-15-13(19)7-12(17(24)25)8-14(15)20/h3-9H,1-2H3,(H,24,25)(H2,21,22,23,26). The van der Waals surface area contributed by atoms with E-state index < -0.39 is 5.97 Å². The molecule has 26 heavy (non-hydrogen) atoms. The summed E-state index contributed by atoms with van der Waals surface area (Å²) in [5.41, 5.74) is 1.75. The molecule has 0 saturated carbocycles. The number of hydrogen-bond acceptors (Lipinski definition) is 3. The Morgan fingerprint density at radius 3 is 2.04 bits per heavy atom. The van der Waals surface area contributed by atoms with Gasteiger partial charge in [0, 0.05) is 5.56 Å². The van der Waals surface area contributed by atoms with Gasteiger partial charge >= 0.3 is 5.97 Å². The minimum absolute atomic E-state index is 0.00480. The molecule has 2 aromatic rings. The van der Waals surface area contributed by atoms with Gasteiger partial charge in [-0.25, -0.2) is 4.79 Å². The van der Waals surface area contributed by atoms with E-state index in [0.717, 1.165) is 5.56 Å². The molecule has 0 saturated heterocycles. The molecule has 0 bridgehead atoms. The van der Waals surface area contributed by atoms with Crippen LogP contribution in [0.3, 0.4) is 0 Å². The predicted octanol–water partition coefficient (Wildman–Crippen LogP) is 4.94. The number of aromatic carboxylic acids is 1. The van der Waals surface area contributed by atoms with Crippen molar-refractivity contribution < 1.29 is 14.7 Å². The Morgan fingerprint density at radius 1 is 1.04 bits per heavy atom. The first kappa shape index (κ1) is 20.2. The molecule has 0 aliphatic rings. The van der Waals surface area contributed by atoms with Gasteiger partial charge in [0.15, 0.2) is 5.11 Å². The molecule has 0 atom stereocenters. The zero-order valence-electron chi connectivity index (χ0n) is 14.0. The van der Waals surface area contributed by atoms with Gasteiger partial charge in [0.05, 0.1) is 21.3 Å². The molecular formula is C18H16Cl2N2O3S. The van der Waals surface area contributed by atoms with E-state index in [1.807, 2.05) is 12.1 Å². The highest BCUT2D eigenvalue weighted by molar-refractivity contribution is 7.80. The van der Waals surface area contributed by atoms with Gasteiger partial charge in [0.25, 0.3) is 5.91 Å². The first-order chi connectivity index (χ1) is 12.2. The van der Waals surface area contributed by atoms with Crippen LogP contribution in [-0.2, 0) is 0 Å². The monoisotopic (exact) mass is 410 g/mol. The lowest BCUT2D eigenvalue weighted by Gasteiger charge is -2.13. The van der Waals surface area contributed by atoms with Gasteiger partial charge in [-0.1, -0.05) is 49.2 Å². The molecule has 2 rings (SSSR count). The molecule has 0 spiro atoms. The predicted molar refractivity (Wildman–Crippen MR) is 108 cm³/mol. The van der Waals surface area contributed by atoms with E-state index in [0.29, 0.717) is 11.5 Å². The van der Waals surface area contributed by atoms with Crippen molar-refractivity contribution in [3.8, 4) is 0 Å². The maximum atomic E-state index is 12.3. The van der Waals surface area contributed by atoms with Crippen molar-refractivity contribution in [2.45, 2.75) is 19.8 Å². The smallest absolute Gasteiger partial charge is 0.335 e. The molecule has 8 heteroatoms. The average Bonchev–Trinajstić information content (AvgIpc) is 2.57. The van der Waals surface area contributed by atoms with Crippen LogP contribution >= 0.6 is 35.4 Å². The first-order valence-electron chi connectivity index (χ1n) is 7.63. The van der Waals surface area contributed by atoms with Crippen LogP contribution in [0.4, 0.5) is 5.69 Å². The zero-order valence-corrected chi connectivity index (χ0v) is 16.3. The van der Waals surface area contributed by atoms with E-state index in [9.17, 15) is 9.59 Å². The van der Waals surface area contributed by atoms with Gasteiger partial charge < -0.3 is 10.4 Å². The lowest BCUT2D eigenvalue weighted by Crippen LogP contribution is -2.34. The number of benzene rings is 2. The fourth-order valence-electron chi connectivity index (χ4n) is 2.16. The number of rotatable bonds is 4. The molecule has 0 aliphatic heterocycles. The number of halogens is 2. The van der Waals surface area contributed by atoms with Crippen molar-refractivity contribution in [1.82, 2.24) is 5.32 Å². The second kappa shape index (κ2) is 8.49. The minimum Gasteiger partial charge on any atom is -0.478 e. The van der Waals surface area contributed by atoms with Gasteiger partial charge in [-0.05, 0) is 48.0 Å². The summed E-state index contributed by atoms with van der Waals surface area (Å²) in [6.07, 6.45) is 0. The molecule has 1 amide bonds. The summed E-state index contributed by atoms with van der Waals surface area (Å²) in [5, 5.41) is 14.4. The Kier molecular flexibility index (Phi) is 6.58. The summed E-state index contributed by atoms with van der Waals surface area (Å²) in [7, 11) is 0. The highest BCUT2D eigenvalue weighted by Gasteiger charge is 2.15. The zero-order chi connectivity index (χ0) is 19.4. The van der Waals surface area contributed by atoms with E-state index in [1.165, 1.54) is 12.1 Å². The first-order valence-corrected chi connectivity index (χ1v) is 8.80. The number of carbonyl (C=O) groups excluding carboxylic acids is 1. The average molecular weight is 411 g/mol. The Labute approximate surface area is 166 Å². The molecular weight excluding hydrogens is 395 g/mol. The molecule has 3 N–H and O–H groups in total. The molecule has 0 radical (unpaired) electrons. The quantitative estimate of drug-likeness (QED) is 0.621. The molecule has 0 heterocycles. The number of nitrogens with one attached hydrogen (secondary N) is 2. The van der Waals surface area contributed by atoms with Crippen molar-refractivity contribution in [3.05, 3.63) is 63.1 Å².